The summed E-state index contributed by atoms with van der Waals surface area (Å²) < 4.78 is 21.0. The van der Waals surface area contributed by atoms with Crippen LogP contribution in [0.3, 0.4) is 0 Å². The Hall–Kier alpha value is -0.840. The summed E-state index contributed by atoms with van der Waals surface area (Å²) in [7, 11) is 0. The van der Waals surface area contributed by atoms with Crippen molar-refractivity contribution >= 4 is 34.2 Å². The standard InChI is InChI=1S/C14H15Cl2FN2O/c15-7-14-18-12-6-11(17)10(16)5-13(12)19(14)8-9-1-3-20-4-2-9/h5-6,9H,1-4,7-8H2. The molecular weight excluding hydrogens is 302 g/mol. The SMILES string of the molecule is Fc1cc2nc(CCl)n(CC3CCOCC3)c2cc1Cl. The summed E-state index contributed by atoms with van der Waals surface area (Å²) >= 11 is 11.9. The molecule has 1 fully saturated rings. The Kier molecular flexibility index (Phi) is 4.15. The van der Waals surface area contributed by atoms with Crippen LogP contribution in [0, 0.1) is 11.7 Å². The number of benzene rings is 1. The molecule has 1 aliphatic rings. The van der Waals surface area contributed by atoms with E-state index >= 15 is 0 Å². The molecule has 2 heterocycles. The predicted octanol–water partition coefficient (Wildman–Crippen LogP) is 3.99. The highest BCUT2D eigenvalue weighted by molar-refractivity contribution is 6.31. The monoisotopic (exact) mass is 316 g/mol. The van der Waals surface area contributed by atoms with E-state index in [1.807, 2.05) is 0 Å². The number of fused-ring (bicyclic) bond motifs is 1. The maximum Gasteiger partial charge on any atom is 0.144 e. The van der Waals surface area contributed by atoms with Crippen LogP contribution in [0.1, 0.15) is 18.7 Å². The van der Waals surface area contributed by atoms with Crippen LogP contribution >= 0.6 is 23.2 Å². The van der Waals surface area contributed by atoms with Crippen molar-refractivity contribution in [3.05, 3.63) is 28.8 Å². The van der Waals surface area contributed by atoms with E-state index in [1.54, 1.807) is 6.07 Å². The van der Waals surface area contributed by atoms with Gasteiger partial charge in [-0.2, -0.15) is 0 Å². The number of hydrogen-bond donors (Lipinski definition) is 0. The van der Waals surface area contributed by atoms with Gasteiger partial charge in [0.15, 0.2) is 0 Å². The molecule has 0 bridgehead atoms. The molecule has 0 amide bonds. The van der Waals surface area contributed by atoms with Gasteiger partial charge in [-0.05, 0) is 24.8 Å². The highest BCUT2D eigenvalue weighted by atomic mass is 35.5. The van der Waals surface area contributed by atoms with Gasteiger partial charge in [-0.3, -0.25) is 0 Å². The van der Waals surface area contributed by atoms with Gasteiger partial charge in [0.1, 0.15) is 11.6 Å². The lowest BCUT2D eigenvalue weighted by Gasteiger charge is -2.23. The summed E-state index contributed by atoms with van der Waals surface area (Å²) in [5.74, 6) is 1.15. The third-order valence-corrected chi connectivity index (χ3v) is 4.30. The molecule has 1 aliphatic heterocycles. The Balaban J connectivity index is 2.00. The first-order valence-electron chi connectivity index (χ1n) is 6.67. The van der Waals surface area contributed by atoms with Gasteiger partial charge in [-0.15, -0.1) is 11.6 Å². The normalized spacial score (nSPS) is 16.9. The number of aromatic nitrogens is 2. The molecule has 0 aliphatic carbocycles. The minimum absolute atomic E-state index is 0.117. The van der Waals surface area contributed by atoms with E-state index in [0.29, 0.717) is 17.3 Å². The quantitative estimate of drug-likeness (QED) is 0.800. The summed E-state index contributed by atoms with van der Waals surface area (Å²) in [6.07, 6.45) is 2.05. The minimum Gasteiger partial charge on any atom is -0.381 e. The summed E-state index contributed by atoms with van der Waals surface area (Å²) in [6, 6.07) is 3.00. The lowest BCUT2D eigenvalue weighted by atomic mass is 10.0. The average molecular weight is 317 g/mol. The van der Waals surface area contributed by atoms with Crippen molar-refractivity contribution in [1.29, 1.82) is 0 Å². The van der Waals surface area contributed by atoms with Crippen LogP contribution in [-0.2, 0) is 17.2 Å². The van der Waals surface area contributed by atoms with Crippen LogP contribution in [0.2, 0.25) is 5.02 Å². The molecule has 0 unspecified atom stereocenters. The number of alkyl halides is 1. The van der Waals surface area contributed by atoms with Crippen molar-refractivity contribution in [3.63, 3.8) is 0 Å². The summed E-state index contributed by atoms with van der Waals surface area (Å²) in [6.45, 7) is 2.41. The van der Waals surface area contributed by atoms with Gasteiger partial charge in [0.05, 0.1) is 21.9 Å². The first kappa shape index (κ1) is 14.1. The van der Waals surface area contributed by atoms with Crippen LogP contribution in [0.4, 0.5) is 4.39 Å². The van der Waals surface area contributed by atoms with Gasteiger partial charge in [0.25, 0.3) is 0 Å². The van der Waals surface area contributed by atoms with Crippen molar-refractivity contribution in [3.8, 4) is 0 Å². The number of nitrogens with zero attached hydrogens (tertiary/aromatic N) is 2. The van der Waals surface area contributed by atoms with Crippen molar-refractivity contribution in [2.24, 2.45) is 5.92 Å². The maximum atomic E-state index is 13.5. The van der Waals surface area contributed by atoms with Gasteiger partial charge in [0, 0.05) is 25.8 Å². The van der Waals surface area contributed by atoms with Gasteiger partial charge in [-0.25, -0.2) is 9.37 Å². The molecule has 108 valence electrons. The molecule has 0 N–H and O–H groups in total. The molecule has 0 atom stereocenters. The average Bonchev–Trinajstić information content (AvgIpc) is 2.78. The Morgan fingerprint density at radius 1 is 1.35 bits per heavy atom. The Labute approximate surface area is 126 Å². The van der Waals surface area contributed by atoms with E-state index in [-0.39, 0.29) is 5.02 Å². The van der Waals surface area contributed by atoms with E-state index in [4.69, 9.17) is 27.9 Å². The molecule has 20 heavy (non-hydrogen) atoms. The summed E-state index contributed by atoms with van der Waals surface area (Å²) in [4.78, 5) is 4.40. The lowest BCUT2D eigenvalue weighted by molar-refractivity contribution is 0.0614. The summed E-state index contributed by atoms with van der Waals surface area (Å²) in [5, 5.41) is 0.117. The Bertz CT molecular complexity index is 623. The highest BCUT2D eigenvalue weighted by Crippen LogP contribution is 2.27. The van der Waals surface area contributed by atoms with E-state index in [2.05, 4.69) is 9.55 Å². The second-order valence-corrected chi connectivity index (χ2v) is 5.76. The molecule has 6 heteroatoms. The van der Waals surface area contributed by atoms with E-state index < -0.39 is 5.82 Å². The van der Waals surface area contributed by atoms with Crippen molar-refractivity contribution in [1.82, 2.24) is 9.55 Å². The summed E-state index contributed by atoms with van der Waals surface area (Å²) in [5.41, 5.74) is 1.45. The minimum atomic E-state index is -0.448. The van der Waals surface area contributed by atoms with Crippen LogP contribution in [0.25, 0.3) is 11.0 Å². The second-order valence-electron chi connectivity index (χ2n) is 5.08. The molecule has 1 saturated heterocycles. The predicted molar refractivity (Wildman–Crippen MR) is 77.8 cm³/mol. The maximum absolute atomic E-state index is 13.5. The molecule has 2 aromatic rings. The molecule has 3 nitrogen and oxygen atoms in total. The fourth-order valence-corrected chi connectivity index (χ4v) is 3.02. The van der Waals surface area contributed by atoms with Crippen LogP contribution in [-0.4, -0.2) is 22.8 Å². The number of halogens is 3. The topological polar surface area (TPSA) is 27.1 Å². The first-order chi connectivity index (χ1) is 9.69. The third-order valence-electron chi connectivity index (χ3n) is 3.77. The molecule has 1 aromatic heterocycles. The van der Waals surface area contributed by atoms with Gasteiger partial charge in [0.2, 0.25) is 0 Å². The molecule has 1 aromatic carbocycles. The van der Waals surface area contributed by atoms with Crippen molar-refractivity contribution < 1.29 is 9.13 Å². The molecule has 3 rings (SSSR count). The lowest BCUT2D eigenvalue weighted by Crippen LogP contribution is -2.21. The van der Waals surface area contributed by atoms with Crippen molar-refractivity contribution in [2.45, 2.75) is 25.3 Å². The zero-order valence-corrected chi connectivity index (χ0v) is 12.4. The molecule has 0 radical (unpaired) electrons. The van der Waals surface area contributed by atoms with Gasteiger partial charge < -0.3 is 9.30 Å². The Morgan fingerprint density at radius 3 is 2.80 bits per heavy atom. The number of ether oxygens (including phenoxy) is 1. The first-order valence-corrected chi connectivity index (χ1v) is 7.58. The molecular formula is C14H15Cl2FN2O. The fraction of sp³-hybridized carbons (Fsp3) is 0.500. The second kappa shape index (κ2) is 5.88. The fourth-order valence-electron chi connectivity index (χ4n) is 2.66. The van der Waals surface area contributed by atoms with Crippen LogP contribution in [0.5, 0.6) is 0 Å². The number of hydrogen-bond acceptors (Lipinski definition) is 2. The third kappa shape index (κ3) is 2.65. The largest absolute Gasteiger partial charge is 0.381 e. The van der Waals surface area contributed by atoms with Crippen molar-refractivity contribution in [2.75, 3.05) is 13.2 Å². The zero-order chi connectivity index (χ0) is 14.1. The Morgan fingerprint density at radius 2 is 2.10 bits per heavy atom. The smallest absolute Gasteiger partial charge is 0.144 e. The molecule has 0 spiro atoms. The van der Waals surface area contributed by atoms with E-state index in [1.165, 1.54) is 6.07 Å². The number of imidazole rings is 1. The highest BCUT2D eigenvalue weighted by Gasteiger charge is 2.19. The van der Waals surface area contributed by atoms with Gasteiger partial charge in [-0.1, -0.05) is 11.6 Å². The van der Waals surface area contributed by atoms with Crippen LogP contribution in [0.15, 0.2) is 12.1 Å². The van der Waals surface area contributed by atoms with E-state index in [0.717, 1.165) is 43.9 Å². The zero-order valence-electron chi connectivity index (χ0n) is 10.9. The van der Waals surface area contributed by atoms with E-state index in [9.17, 15) is 4.39 Å². The van der Waals surface area contributed by atoms with Gasteiger partial charge >= 0.3 is 0 Å². The molecule has 0 saturated carbocycles. The number of rotatable bonds is 3. The van der Waals surface area contributed by atoms with Crippen LogP contribution < -0.4 is 0 Å².